The number of rotatable bonds is 6. The molecule has 1 spiro atoms. The van der Waals surface area contributed by atoms with Crippen LogP contribution in [0.5, 0.6) is 0 Å². The molecule has 1 unspecified atom stereocenters. The molecule has 3 aliphatic heterocycles. The Kier molecular flexibility index (Phi) is 6.64. The van der Waals surface area contributed by atoms with Gasteiger partial charge in [0.15, 0.2) is 5.60 Å². The quantitative estimate of drug-likeness (QED) is 0.499. The van der Waals surface area contributed by atoms with Crippen molar-refractivity contribution < 1.29 is 33.1 Å². The van der Waals surface area contributed by atoms with Crippen LogP contribution in [-0.4, -0.2) is 78.9 Å². The number of piperazine rings is 1. The Bertz CT molecular complexity index is 1340. The molecular formula is C29H33FN4O6. The number of aromatic nitrogens is 1. The van der Waals surface area contributed by atoms with Gasteiger partial charge in [-0.1, -0.05) is 19.9 Å². The van der Waals surface area contributed by atoms with E-state index in [0.717, 1.165) is 11.3 Å². The summed E-state index contributed by atoms with van der Waals surface area (Å²) in [6.07, 6.45) is 4.08. The van der Waals surface area contributed by atoms with Crippen LogP contribution in [0.3, 0.4) is 0 Å². The summed E-state index contributed by atoms with van der Waals surface area (Å²) in [7, 11) is 0. The second-order valence-corrected chi connectivity index (χ2v) is 11.5. The monoisotopic (exact) mass is 552 g/mol. The Hall–Kier alpha value is -3.73. The lowest BCUT2D eigenvalue weighted by Gasteiger charge is -2.34. The molecule has 1 aliphatic carbocycles. The number of pyridine rings is 1. The number of hydrogen-bond acceptors (Lipinski definition) is 9. The first-order chi connectivity index (χ1) is 19.2. The summed E-state index contributed by atoms with van der Waals surface area (Å²) in [5.41, 5.74) is 0.584. The van der Waals surface area contributed by atoms with Crippen molar-refractivity contribution in [1.82, 2.24) is 14.9 Å². The predicted molar refractivity (Wildman–Crippen MR) is 141 cm³/mol. The number of ether oxygens (including phenoxy) is 2. The maximum absolute atomic E-state index is 15.6. The lowest BCUT2D eigenvalue weighted by atomic mass is 9.92. The third-order valence-corrected chi connectivity index (χ3v) is 8.31. The first-order valence-corrected chi connectivity index (χ1v) is 13.8. The summed E-state index contributed by atoms with van der Waals surface area (Å²) >= 11 is 0. The largest absolute Gasteiger partial charge is 0.527 e. The summed E-state index contributed by atoms with van der Waals surface area (Å²) in [5, 5.41) is 1.56. The first kappa shape index (κ1) is 26.5. The zero-order valence-corrected chi connectivity index (χ0v) is 22.7. The highest BCUT2D eigenvalue weighted by molar-refractivity contribution is 5.95. The number of amides is 1. The molecule has 0 radical (unpaired) electrons. The Labute approximate surface area is 231 Å². The van der Waals surface area contributed by atoms with Crippen molar-refractivity contribution in [3.8, 4) is 0 Å². The van der Waals surface area contributed by atoms with E-state index >= 15 is 4.39 Å². The number of halogens is 1. The zero-order valence-electron chi connectivity index (χ0n) is 22.7. The maximum Gasteiger partial charge on any atom is 0.527 e. The number of likely N-dealkylation sites (tertiary alicyclic amines) is 1. The minimum absolute atomic E-state index is 0.121. The Morgan fingerprint density at radius 2 is 1.85 bits per heavy atom. The molecule has 2 aromatic rings. The second-order valence-electron chi connectivity index (χ2n) is 11.5. The van der Waals surface area contributed by atoms with Crippen LogP contribution in [-0.2, 0) is 30.1 Å². The van der Waals surface area contributed by atoms with Gasteiger partial charge in [-0.2, -0.15) is 0 Å². The van der Waals surface area contributed by atoms with Crippen molar-refractivity contribution >= 4 is 23.7 Å². The van der Waals surface area contributed by atoms with Crippen molar-refractivity contribution in [2.45, 2.75) is 44.1 Å². The van der Waals surface area contributed by atoms with E-state index in [9.17, 15) is 14.4 Å². The van der Waals surface area contributed by atoms with Crippen molar-refractivity contribution in [3.63, 3.8) is 0 Å². The van der Waals surface area contributed by atoms with Gasteiger partial charge in [0.25, 0.3) is 0 Å². The van der Waals surface area contributed by atoms with Crippen LogP contribution in [0.2, 0.25) is 0 Å². The predicted octanol–water partition coefficient (Wildman–Crippen LogP) is 3.40. The van der Waals surface area contributed by atoms with Gasteiger partial charge < -0.3 is 24.1 Å². The topological polar surface area (TPSA) is 102 Å². The van der Waals surface area contributed by atoms with Crippen molar-refractivity contribution in [1.29, 1.82) is 0 Å². The highest BCUT2D eigenvalue weighted by atomic mass is 19.1. The van der Waals surface area contributed by atoms with Crippen LogP contribution in [0.4, 0.5) is 14.9 Å². The van der Waals surface area contributed by atoms with Gasteiger partial charge in [-0.25, -0.2) is 14.0 Å². The standard InChI is InChI=1S/C29H33FN4O6/c1-19(2)17-38-27(37)40-34-13-11-32(12-14-34)20-3-4-23(24(30)15-20)28(6-7-28)26(36)33-10-8-29(18-33)22-5-9-31-16-21(22)25(35)39-29/h3-5,9,15-16,19H,6-8,10-14,17-18H2,1-2H3. The van der Waals surface area contributed by atoms with E-state index in [4.69, 9.17) is 14.3 Å². The lowest BCUT2D eigenvalue weighted by Crippen LogP contribution is -2.47. The lowest BCUT2D eigenvalue weighted by molar-refractivity contribution is -0.134. The van der Waals surface area contributed by atoms with Crippen LogP contribution in [0.15, 0.2) is 36.7 Å². The Morgan fingerprint density at radius 1 is 1.07 bits per heavy atom. The number of anilines is 1. The van der Waals surface area contributed by atoms with Crippen LogP contribution in [0, 0.1) is 11.7 Å². The number of fused-ring (bicyclic) bond motifs is 2. The van der Waals surface area contributed by atoms with Crippen molar-refractivity contribution in [2.24, 2.45) is 5.92 Å². The Morgan fingerprint density at radius 3 is 2.55 bits per heavy atom. The summed E-state index contributed by atoms with van der Waals surface area (Å²) in [6.45, 7) is 6.91. The molecule has 11 heteroatoms. The number of benzene rings is 1. The summed E-state index contributed by atoms with van der Waals surface area (Å²) in [6, 6.07) is 6.85. The number of carbonyl (C=O) groups is 3. The molecule has 2 saturated heterocycles. The molecule has 10 nitrogen and oxygen atoms in total. The Balaban J connectivity index is 1.09. The SMILES string of the molecule is CC(C)COC(=O)ON1CCN(c2ccc(C3(C(=O)N4CCC5(C4)OC(=O)c4cnccc45)CC3)c(F)c2)CC1. The number of esters is 1. The summed E-state index contributed by atoms with van der Waals surface area (Å²) in [4.78, 5) is 51.0. The summed E-state index contributed by atoms with van der Waals surface area (Å²) < 4.78 is 26.4. The van der Waals surface area contributed by atoms with Crippen LogP contribution in [0.25, 0.3) is 0 Å². The van der Waals surface area contributed by atoms with Crippen LogP contribution >= 0.6 is 0 Å². The molecule has 3 fully saturated rings. The molecule has 1 saturated carbocycles. The fourth-order valence-corrected chi connectivity index (χ4v) is 6.02. The molecular weight excluding hydrogens is 519 g/mol. The number of hydroxylamine groups is 2. The van der Waals surface area contributed by atoms with Gasteiger partial charge in [0, 0.05) is 55.3 Å². The molecule has 1 aromatic carbocycles. The molecule has 1 aromatic heterocycles. The molecule has 1 amide bonds. The zero-order chi connectivity index (χ0) is 28.1. The van der Waals surface area contributed by atoms with Gasteiger partial charge in [0.1, 0.15) is 5.82 Å². The molecule has 212 valence electrons. The third kappa shape index (κ3) is 4.66. The van der Waals surface area contributed by atoms with E-state index in [1.165, 1.54) is 12.3 Å². The summed E-state index contributed by atoms with van der Waals surface area (Å²) in [5.74, 6) is -0.721. The van der Waals surface area contributed by atoms with E-state index in [2.05, 4.69) is 4.98 Å². The van der Waals surface area contributed by atoms with Gasteiger partial charge in [0.05, 0.1) is 37.2 Å². The minimum Gasteiger partial charge on any atom is -0.449 e. The molecule has 0 N–H and O–H groups in total. The third-order valence-electron chi connectivity index (χ3n) is 8.31. The normalized spacial score (nSPS) is 23.4. The smallest absolute Gasteiger partial charge is 0.449 e. The highest BCUT2D eigenvalue weighted by Gasteiger charge is 2.58. The number of nitrogens with zero attached hydrogens (tertiary/aromatic N) is 4. The molecule has 6 rings (SSSR count). The number of carbonyl (C=O) groups excluding carboxylic acids is 3. The van der Waals surface area contributed by atoms with Crippen LogP contribution < -0.4 is 4.90 Å². The van der Waals surface area contributed by atoms with E-state index in [1.807, 2.05) is 24.8 Å². The number of hydrogen-bond donors (Lipinski definition) is 0. The van der Waals surface area contributed by atoms with Gasteiger partial charge in [-0.15, -0.1) is 5.06 Å². The highest BCUT2D eigenvalue weighted by Crippen LogP contribution is 2.53. The average Bonchev–Trinajstić information content (AvgIpc) is 3.56. The molecule has 4 aliphatic rings. The molecule has 1 atom stereocenters. The minimum atomic E-state index is -0.888. The molecule has 0 bridgehead atoms. The molecule has 4 heterocycles. The van der Waals surface area contributed by atoms with Gasteiger partial charge in [0.2, 0.25) is 5.91 Å². The average molecular weight is 553 g/mol. The van der Waals surface area contributed by atoms with Gasteiger partial charge in [-0.3, -0.25) is 9.78 Å². The second kappa shape index (κ2) is 10.0. The van der Waals surface area contributed by atoms with E-state index in [0.29, 0.717) is 69.7 Å². The van der Waals surface area contributed by atoms with E-state index in [1.54, 1.807) is 28.3 Å². The van der Waals surface area contributed by atoms with E-state index < -0.39 is 29.0 Å². The fourth-order valence-electron chi connectivity index (χ4n) is 6.02. The fraction of sp³-hybridized carbons (Fsp3) is 0.517. The maximum atomic E-state index is 15.6. The van der Waals surface area contributed by atoms with Gasteiger partial charge in [-0.05, 0) is 37.0 Å². The van der Waals surface area contributed by atoms with Crippen molar-refractivity contribution in [3.05, 3.63) is 59.2 Å². The van der Waals surface area contributed by atoms with Gasteiger partial charge >= 0.3 is 12.1 Å². The van der Waals surface area contributed by atoms with Crippen LogP contribution in [0.1, 0.15) is 54.6 Å². The molecule has 40 heavy (non-hydrogen) atoms. The van der Waals surface area contributed by atoms with Crippen molar-refractivity contribution in [2.75, 3.05) is 50.8 Å². The first-order valence-electron chi connectivity index (χ1n) is 13.8. The van der Waals surface area contributed by atoms with E-state index in [-0.39, 0.29) is 18.4 Å².